The van der Waals surface area contributed by atoms with Gasteiger partial charge in [0.05, 0.1) is 24.6 Å². The van der Waals surface area contributed by atoms with E-state index in [9.17, 15) is 22.4 Å². The van der Waals surface area contributed by atoms with Crippen LogP contribution >= 0.6 is 0 Å². The molecule has 0 aromatic heterocycles. The van der Waals surface area contributed by atoms with E-state index in [1.807, 2.05) is 9.80 Å². The fourth-order valence-corrected chi connectivity index (χ4v) is 5.50. The fraction of sp³-hybridized carbons (Fsp3) is 0.579. The molecule has 3 rings (SSSR count). The number of nitrogens with one attached hydrogen (secondary N) is 1. The van der Waals surface area contributed by atoms with Gasteiger partial charge in [0.15, 0.2) is 9.84 Å². The van der Waals surface area contributed by atoms with Gasteiger partial charge < -0.3 is 10.2 Å². The lowest BCUT2D eigenvalue weighted by Crippen LogP contribution is -2.53. The van der Waals surface area contributed by atoms with Crippen LogP contribution in [0.5, 0.6) is 0 Å². The second-order valence-electron chi connectivity index (χ2n) is 7.69. The summed E-state index contributed by atoms with van der Waals surface area (Å²) in [5, 5.41) is 2.67. The third-order valence-corrected chi connectivity index (χ3v) is 7.17. The summed E-state index contributed by atoms with van der Waals surface area (Å²) in [4.78, 5) is 30.2. The zero-order chi connectivity index (χ0) is 21.0. The van der Waals surface area contributed by atoms with Gasteiger partial charge in [-0.3, -0.25) is 19.4 Å². The van der Waals surface area contributed by atoms with Crippen LogP contribution in [0.1, 0.15) is 6.42 Å². The van der Waals surface area contributed by atoms with Gasteiger partial charge in [0.1, 0.15) is 5.82 Å². The number of carbonyl (C=O) groups excluding carboxylic acids is 2. The molecule has 2 aliphatic rings. The minimum atomic E-state index is -2.98. The first-order chi connectivity index (χ1) is 13.7. The number of likely N-dealkylation sites (N-methyl/N-ethyl adjacent to an activating group) is 1. The average molecular weight is 427 g/mol. The highest BCUT2D eigenvalue weighted by Gasteiger charge is 2.32. The van der Waals surface area contributed by atoms with Crippen molar-refractivity contribution in [3.63, 3.8) is 0 Å². The van der Waals surface area contributed by atoms with Crippen molar-refractivity contribution < 1.29 is 22.4 Å². The second kappa shape index (κ2) is 9.19. The summed E-state index contributed by atoms with van der Waals surface area (Å²) in [6, 6.07) is 5.64. The first kappa shape index (κ1) is 21.7. The molecule has 0 aliphatic carbocycles. The van der Waals surface area contributed by atoms with Crippen LogP contribution in [0, 0.1) is 5.82 Å². The maximum Gasteiger partial charge on any atom is 0.238 e. The Labute approximate surface area is 170 Å². The van der Waals surface area contributed by atoms with E-state index in [4.69, 9.17) is 0 Å². The van der Waals surface area contributed by atoms with Gasteiger partial charge >= 0.3 is 0 Å². The Morgan fingerprint density at radius 3 is 2.59 bits per heavy atom. The normalized spacial score (nSPS) is 22.0. The number of amides is 2. The molecule has 0 saturated carbocycles. The topological polar surface area (TPSA) is 90.0 Å². The molecule has 8 nitrogen and oxygen atoms in total. The minimum absolute atomic E-state index is 0.0272. The smallest absolute Gasteiger partial charge is 0.238 e. The number of halogens is 1. The number of carbonyl (C=O) groups is 2. The standard InChI is InChI=1S/C19H27FN4O4S/c1-22(17-5-10-29(27,28)14-17)13-19(26)24-8-6-23(7-9-24)12-18(25)21-16-4-2-3-15(20)11-16/h2-4,11,17H,5-10,12-14H2,1H3,(H,21,25)/t17-/m1/s1. The molecule has 2 heterocycles. The number of rotatable bonds is 6. The zero-order valence-corrected chi connectivity index (χ0v) is 17.3. The number of hydrogen-bond acceptors (Lipinski definition) is 6. The van der Waals surface area contributed by atoms with E-state index in [0.29, 0.717) is 38.3 Å². The molecule has 1 atom stereocenters. The maximum absolute atomic E-state index is 13.2. The van der Waals surface area contributed by atoms with Crippen molar-refractivity contribution in [1.82, 2.24) is 14.7 Å². The molecule has 160 valence electrons. The predicted molar refractivity (Wildman–Crippen MR) is 108 cm³/mol. The highest BCUT2D eigenvalue weighted by atomic mass is 32.2. The van der Waals surface area contributed by atoms with Crippen LogP contribution in [0.4, 0.5) is 10.1 Å². The van der Waals surface area contributed by atoms with E-state index in [1.54, 1.807) is 18.0 Å². The van der Waals surface area contributed by atoms with E-state index in [2.05, 4.69) is 5.32 Å². The van der Waals surface area contributed by atoms with Gasteiger partial charge in [-0.05, 0) is 31.7 Å². The molecule has 0 radical (unpaired) electrons. The average Bonchev–Trinajstić information content (AvgIpc) is 3.02. The number of sulfone groups is 1. The van der Waals surface area contributed by atoms with Crippen LogP contribution < -0.4 is 5.32 Å². The number of hydrogen-bond donors (Lipinski definition) is 1. The lowest BCUT2D eigenvalue weighted by molar-refractivity contribution is -0.134. The van der Waals surface area contributed by atoms with E-state index in [-0.39, 0.29) is 42.5 Å². The molecule has 1 N–H and O–H groups in total. The molecule has 0 spiro atoms. The van der Waals surface area contributed by atoms with Crippen molar-refractivity contribution in [3.8, 4) is 0 Å². The number of anilines is 1. The fourth-order valence-electron chi connectivity index (χ4n) is 3.69. The molecule has 29 heavy (non-hydrogen) atoms. The third kappa shape index (κ3) is 6.22. The quantitative estimate of drug-likeness (QED) is 0.690. The Hall–Kier alpha value is -2.04. The van der Waals surface area contributed by atoms with Gasteiger partial charge in [-0.2, -0.15) is 0 Å². The largest absolute Gasteiger partial charge is 0.339 e. The van der Waals surface area contributed by atoms with Gasteiger partial charge in [-0.1, -0.05) is 6.07 Å². The molecule has 2 saturated heterocycles. The molecular formula is C19H27FN4O4S. The van der Waals surface area contributed by atoms with Gasteiger partial charge in [0, 0.05) is 37.9 Å². The molecule has 1 aromatic carbocycles. The molecular weight excluding hydrogens is 399 g/mol. The molecule has 10 heteroatoms. The third-order valence-electron chi connectivity index (χ3n) is 5.42. The van der Waals surface area contributed by atoms with E-state index >= 15 is 0 Å². The van der Waals surface area contributed by atoms with Crippen LogP contribution in [-0.2, 0) is 19.4 Å². The van der Waals surface area contributed by atoms with Crippen LogP contribution in [0.3, 0.4) is 0 Å². The Morgan fingerprint density at radius 2 is 1.97 bits per heavy atom. The second-order valence-corrected chi connectivity index (χ2v) is 9.92. The highest BCUT2D eigenvalue weighted by molar-refractivity contribution is 7.91. The lowest BCUT2D eigenvalue weighted by atomic mass is 10.2. The summed E-state index contributed by atoms with van der Waals surface area (Å²) >= 11 is 0. The van der Waals surface area contributed by atoms with Crippen molar-refractivity contribution >= 4 is 27.3 Å². The molecule has 1 aromatic rings. The van der Waals surface area contributed by atoms with Crippen LogP contribution in [0.2, 0.25) is 0 Å². The van der Waals surface area contributed by atoms with Gasteiger partial charge in [-0.15, -0.1) is 0 Å². The number of nitrogens with zero attached hydrogens (tertiary/aromatic N) is 3. The summed E-state index contributed by atoms with van der Waals surface area (Å²) in [5.41, 5.74) is 0.417. The Morgan fingerprint density at radius 1 is 1.24 bits per heavy atom. The summed E-state index contributed by atoms with van der Waals surface area (Å²) in [6.07, 6.45) is 0.570. The molecule has 2 amide bonds. The van der Waals surface area contributed by atoms with E-state index < -0.39 is 15.7 Å². The van der Waals surface area contributed by atoms with Crippen molar-refractivity contribution in [2.75, 3.05) is 63.1 Å². The Balaban J connectivity index is 1.40. The first-order valence-corrected chi connectivity index (χ1v) is 11.5. The van der Waals surface area contributed by atoms with Crippen molar-refractivity contribution in [2.45, 2.75) is 12.5 Å². The highest BCUT2D eigenvalue weighted by Crippen LogP contribution is 2.16. The zero-order valence-electron chi connectivity index (χ0n) is 16.5. The van der Waals surface area contributed by atoms with Gasteiger partial charge in [0.25, 0.3) is 0 Å². The van der Waals surface area contributed by atoms with Gasteiger partial charge in [0.2, 0.25) is 11.8 Å². The van der Waals surface area contributed by atoms with E-state index in [1.165, 1.54) is 18.2 Å². The van der Waals surface area contributed by atoms with Crippen molar-refractivity contribution in [1.29, 1.82) is 0 Å². The predicted octanol–water partition coefficient (Wildman–Crippen LogP) is 0.0273. The number of benzene rings is 1. The van der Waals surface area contributed by atoms with Crippen LogP contribution in [-0.4, -0.2) is 98.8 Å². The van der Waals surface area contributed by atoms with Crippen LogP contribution in [0.15, 0.2) is 24.3 Å². The lowest BCUT2D eigenvalue weighted by Gasteiger charge is -2.35. The molecule has 0 unspecified atom stereocenters. The summed E-state index contributed by atoms with van der Waals surface area (Å²) < 4.78 is 36.4. The molecule has 0 bridgehead atoms. The Bertz CT molecular complexity index is 856. The molecule has 2 aliphatic heterocycles. The van der Waals surface area contributed by atoms with E-state index in [0.717, 1.165) is 0 Å². The summed E-state index contributed by atoms with van der Waals surface area (Å²) in [5.74, 6) is -0.356. The monoisotopic (exact) mass is 426 g/mol. The summed E-state index contributed by atoms with van der Waals surface area (Å²) in [7, 11) is -1.19. The maximum atomic E-state index is 13.2. The Kier molecular flexibility index (Phi) is 6.86. The summed E-state index contributed by atoms with van der Waals surface area (Å²) in [6.45, 7) is 2.55. The SMILES string of the molecule is CN(CC(=O)N1CCN(CC(=O)Nc2cccc(F)c2)CC1)[C@@H]1CCS(=O)(=O)C1. The minimum Gasteiger partial charge on any atom is -0.339 e. The van der Waals surface area contributed by atoms with Crippen LogP contribution in [0.25, 0.3) is 0 Å². The number of piperazine rings is 1. The van der Waals surface area contributed by atoms with Crippen molar-refractivity contribution in [3.05, 3.63) is 30.1 Å². The van der Waals surface area contributed by atoms with Gasteiger partial charge in [-0.25, -0.2) is 12.8 Å². The van der Waals surface area contributed by atoms with Crippen molar-refractivity contribution in [2.24, 2.45) is 0 Å². The molecule has 2 fully saturated rings. The first-order valence-electron chi connectivity index (χ1n) is 9.68.